The molecule has 0 radical (unpaired) electrons. The van der Waals surface area contributed by atoms with Crippen molar-refractivity contribution >= 4 is 34.8 Å². The summed E-state index contributed by atoms with van der Waals surface area (Å²) in [5.41, 5.74) is 1.00. The number of aromatic hydroxyl groups is 1. The summed E-state index contributed by atoms with van der Waals surface area (Å²) in [6, 6.07) is 10.2. The number of carbonyl (C=O) groups is 1. The van der Waals surface area contributed by atoms with Gasteiger partial charge in [-0.2, -0.15) is 0 Å². The molecule has 108 valence electrons. The number of rotatable bonds is 2. The Balaban J connectivity index is 1.85. The van der Waals surface area contributed by atoms with Gasteiger partial charge in [-0.15, -0.1) is 0 Å². The monoisotopic (exact) mass is 323 g/mol. The van der Waals surface area contributed by atoms with Crippen LogP contribution < -0.4 is 10.1 Å². The number of anilines is 1. The van der Waals surface area contributed by atoms with Crippen LogP contribution in [0.5, 0.6) is 11.5 Å². The van der Waals surface area contributed by atoms with Crippen molar-refractivity contribution in [3.05, 3.63) is 52.0 Å². The number of phenolic OH excluding ortho intramolecular Hbond substituents is 1. The summed E-state index contributed by atoms with van der Waals surface area (Å²) in [5, 5.41) is 12.9. The third-order valence-corrected chi connectivity index (χ3v) is 3.81. The van der Waals surface area contributed by atoms with Crippen molar-refractivity contribution in [2.24, 2.45) is 0 Å². The Kier molecular flexibility index (Phi) is 3.66. The predicted octanol–water partition coefficient (Wildman–Crippen LogP) is 3.81. The van der Waals surface area contributed by atoms with Gasteiger partial charge in [0, 0.05) is 10.6 Å². The minimum atomic E-state index is -0.432. The molecule has 0 aromatic heterocycles. The molecule has 1 amide bonds. The molecule has 4 nitrogen and oxygen atoms in total. The molecule has 0 spiro atoms. The first-order valence-corrected chi connectivity index (χ1v) is 7.02. The highest BCUT2D eigenvalue weighted by Gasteiger charge is 2.30. The van der Waals surface area contributed by atoms with Crippen LogP contribution in [0.1, 0.15) is 11.5 Å². The number of amides is 1. The van der Waals surface area contributed by atoms with E-state index in [0.29, 0.717) is 10.8 Å². The van der Waals surface area contributed by atoms with Gasteiger partial charge in [0.25, 0.3) is 0 Å². The van der Waals surface area contributed by atoms with E-state index in [1.54, 1.807) is 0 Å². The molecule has 0 saturated heterocycles. The average molecular weight is 324 g/mol. The summed E-state index contributed by atoms with van der Waals surface area (Å²) < 4.78 is 5.47. The van der Waals surface area contributed by atoms with Crippen LogP contribution in [-0.4, -0.2) is 17.6 Å². The number of fused-ring (bicyclic) bond motifs is 1. The fraction of sp³-hybridized carbons (Fsp3) is 0.133. The molecule has 3 rings (SSSR count). The molecule has 2 N–H and O–H groups in total. The van der Waals surface area contributed by atoms with E-state index < -0.39 is 5.92 Å². The molecule has 21 heavy (non-hydrogen) atoms. The maximum Gasteiger partial charge on any atom is 0.235 e. The predicted molar refractivity (Wildman–Crippen MR) is 81.4 cm³/mol. The van der Waals surface area contributed by atoms with Gasteiger partial charge in [-0.3, -0.25) is 4.79 Å². The molecule has 2 aromatic carbocycles. The van der Waals surface area contributed by atoms with Crippen LogP contribution in [0, 0.1) is 0 Å². The Morgan fingerprint density at radius 1 is 1.29 bits per heavy atom. The first-order valence-electron chi connectivity index (χ1n) is 6.27. The molecule has 0 fully saturated rings. The molecule has 1 aliphatic rings. The summed E-state index contributed by atoms with van der Waals surface area (Å²) in [5.74, 6) is -0.223. The van der Waals surface area contributed by atoms with Crippen LogP contribution in [0.4, 0.5) is 5.69 Å². The number of phenols is 1. The quantitative estimate of drug-likeness (QED) is 0.826. The molecule has 1 heterocycles. The smallest absolute Gasteiger partial charge is 0.235 e. The van der Waals surface area contributed by atoms with E-state index in [1.165, 1.54) is 12.1 Å². The summed E-state index contributed by atoms with van der Waals surface area (Å²) in [7, 11) is 0. The number of nitrogens with one attached hydrogen (secondary N) is 1. The van der Waals surface area contributed by atoms with Gasteiger partial charge in [-0.1, -0.05) is 41.4 Å². The highest BCUT2D eigenvalue weighted by molar-refractivity contribution is 6.36. The third kappa shape index (κ3) is 2.64. The highest BCUT2D eigenvalue weighted by atomic mass is 35.5. The van der Waals surface area contributed by atoms with E-state index >= 15 is 0 Å². The standard InChI is InChI=1S/C15H11Cl2NO3/c16-8-5-11(17)14(19)12(6-8)18-15(20)10-7-21-13-4-2-1-3-9(10)13/h1-6,10,19H,7H2,(H,18,20). The molecule has 0 bridgehead atoms. The van der Waals surface area contributed by atoms with Gasteiger partial charge < -0.3 is 15.2 Å². The lowest BCUT2D eigenvalue weighted by Crippen LogP contribution is -2.22. The average Bonchev–Trinajstić information content (AvgIpc) is 2.88. The van der Waals surface area contributed by atoms with Gasteiger partial charge in [0.2, 0.25) is 5.91 Å². The number of hydrogen-bond donors (Lipinski definition) is 2. The minimum absolute atomic E-state index is 0.0841. The van der Waals surface area contributed by atoms with Gasteiger partial charge in [-0.25, -0.2) is 0 Å². The van der Waals surface area contributed by atoms with Crippen molar-refractivity contribution in [1.29, 1.82) is 0 Å². The molecule has 1 unspecified atom stereocenters. The molecule has 6 heteroatoms. The second-order valence-electron chi connectivity index (χ2n) is 4.67. The lowest BCUT2D eigenvalue weighted by Gasteiger charge is -2.12. The van der Waals surface area contributed by atoms with E-state index in [-0.39, 0.29) is 29.0 Å². The summed E-state index contributed by atoms with van der Waals surface area (Å²) in [6.07, 6.45) is 0. The van der Waals surface area contributed by atoms with Crippen molar-refractivity contribution in [1.82, 2.24) is 0 Å². The molecule has 1 aliphatic heterocycles. The van der Waals surface area contributed by atoms with Crippen molar-refractivity contribution in [2.75, 3.05) is 11.9 Å². The fourth-order valence-electron chi connectivity index (χ4n) is 2.26. The second kappa shape index (κ2) is 5.47. The summed E-state index contributed by atoms with van der Waals surface area (Å²) in [6.45, 7) is 0.264. The zero-order valence-electron chi connectivity index (χ0n) is 10.8. The molecule has 0 saturated carbocycles. The van der Waals surface area contributed by atoms with Crippen molar-refractivity contribution in [3.63, 3.8) is 0 Å². The molecular weight excluding hydrogens is 313 g/mol. The zero-order valence-corrected chi connectivity index (χ0v) is 12.3. The lowest BCUT2D eigenvalue weighted by molar-refractivity contribution is -0.117. The van der Waals surface area contributed by atoms with E-state index in [4.69, 9.17) is 27.9 Å². The number of para-hydroxylation sites is 1. The van der Waals surface area contributed by atoms with E-state index in [1.807, 2.05) is 24.3 Å². The van der Waals surface area contributed by atoms with Gasteiger partial charge in [0.05, 0.1) is 10.7 Å². The molecule has 0 aliphatic carbocycles. The van der Waals surface area contributed by atoms with E-state index in [0.717, 1.165) is 5.56 Å². The van der Waals surface area contributed by atoms with Crippen LogP contribution in [0.25, 0.3) is 0 Å². The van der Waals surface area contributed by atoms with Gasteiger partial charge in [-0.05, 0) is 18.2 Å². The Hall–Kier alpha value is -1.91. The lowest BCUT2D eigenvalue weighted by atomic mass is 10.0. The first kappa shape index (κ1) is 14.0. The SMILES string of the molecule is O=C(Nc1cc(Cl)cc(Cl)c1O)C1COc2ccccc21. The van der Waals surface area contributed by atoms with E-state index in [9.17, 15) is 9.90 Å². The summed E-state index contributed by atoms with van der Waals surface area (Å²) >= 11 is 11.7. The number of hydrogen-bond acceptors (Lipinski definition) is 3. The topological polar surface area (TPSA) is 58.6 Å². The minimum Gasteiger partial charge on any atom is -0.504 e. The van der Waals surface area contributed by atoms with Crippen LogP contribution in [-0.2, 0) is 4.79 Å². The van der Waals surface area contributed by atoms with E-state index in [2.05, 4.69) is 5.32 Å². The van der Waals surface area contributed by atoms with Crippen LogP contribution >= 0.6 is 23.2 Å². The Labute approximate surface area is 131 Å². The van der Waals surface area contributed by atoms with Gasteiger partial charge in [0.1, 0.15) is 18.3 Å². The maximum absolute atomic E-state index is 12.4. The first-order chi connectivity index (χ1) is 10.1. The van der Waals surface area contributed by atoms with Crippen LogP contribution in [0.15, 0.2) is 36.4 Å². The highest BCUT2D eigenvalue weighted by Crippen LogP contribution is 2.38. The fourth-order valence-corrected chi connectivity index (χ4v) is 2.75. The Morgan fingerprint density at radius 2 is 2.05 bits per heavy atom. The molecule has 1 atom stereocenters. The van der Waals surface area contributed by atoms with Crippen molar-refractivity contribution in [2.45, 2.75) is 5.92 Å². The Morgan fingerprint density at radius 3 is 2.86 bits per heavy atom. The van der Waals surface area contributed by atoms with Gasteiger partial charge in [0.15, 0.2) is 5.75 Å². The molecule has 2 aromatic rings. The normalized spacial score (nSPS) is 16.2. The van der Waals surface area contributed by atoms with Crippen LogP contribution in [0.2, 0.25) is 10.0 Å². The summed E-state index contributed by atoms with van der Waals surface area (Å²) in [4.78, 5) is 12.4. The maximum atomic E-state index is 12.4. The van der Waals surface area contributed by atoms with Crippen LogP contribution in [0.3, 0.4) is 0 Å². The Bertz CT molecular complexity index is 718. The number of carbonyl (C=O) groups excluding carboxylic acids is 1. The molecular formula is C15H11Cl2NO3. The number of halogens is 2. The zero-order chi connectivity index (χ0) is 15.0. The number of benzene rings is 2. The second-order valence-corrected chi connectivity index (χ2v) is 5.52. The third-order valence-electron chi connectivity index (χ3n) is 3.30. The van der Waals surface area contributed by atoms with Crippen molar-refractivity contribution in [3.8, 4) is 11.5 Å². The number of ether oxygens (including phenoxy) is 1. The van der Waals surface area contributed by atoms with Gasteiger partial charge >= 0.3 is 0 Å². The van der Waals surface area contributed by atoms with Crippen molar-refractivity contribution < 1.29 is 14.6 Å². The largest absolute Gasteiger partial charge is 0.504 e.